The van der Waals surface area contributed by atoms with Crippen LogP contribution in [0.4, 0.5) is 0 Å². The lowest BCUT2D eigenvalue weighted by molar-refractivity contribution is 0.497. The summed E-state index contributed by atoms with van der Waals surface area (Å²) in [4.78, 5) is 0. The highest BCUT2D eigenvalue weighted by molar-refractivity contribution is 5.83. The molecule has 0 aliphatic heterocycles. The number of fused-ring (bicyclic) bond motifs is 1. The summed E-state index contributed by atoms with van der Waals surface area (Å²) in [6, 6.07) is 7.85. The molecule has 3 heteroatoms. The van der Waals surface area contributed by atoms with Crippen molar-refractivity contribution >= 4 is 11.0 Å². The molecule has 0 aliphatic rings. The standard InChI is InChI=1S/C18H21NO2/c1-5-14-17(13-8-6-7-9-15(13)21-14)18(19)16-10(2)11(3)20-12(16)4/h6-9,18H,5,19H2,1-4H3. The van der Waals surface area contributed by atoms with Crippen molar-refractivity contribution in [3.05, 3.63) is 58.2 Å². The Kier molecular flexibility index (Phi) is 3.38. The average molecular weight is 283 g/mol. The number of hydrogen-bond acceptors (Lipinski definition) is 3. The maximum atomic E-state index is 6.60. The van der Waals surface area contributed by atoms with Gasteiger partial charge in [-0.15, -0.1) is 0 Å². The fourth-order valence-corrected chi connectivity index (χ4v) is 3.13. The fraction of sp³-hybridized carbons (Fsp3) is 0.333. The Hall–Kier alpha value is -2.00. The van der Waals surface area contributed by atoms with Crippen LogP contribution in [0.25, 0.3) is 11.0 Å². The first kappa shape index (κ1) is 14.0. The SMILES string of the molecule is CCc1oc2ccccc2c1C(N)c1c(C)oc(C)c1C. The Morgan fingerprint density at radius 3 is 2.33 bits per heavy atom. The maximum absolute atomic E-state index is 6.60. The second-order valence-corrected chi connectivity index (χ2v) is 5.52. The monoisotopic (exact) mass is 283 g/mol. The minimum atomic E-state index is -0.221. The summed E-state index contributed by atoms with van der Waals surface area (Å²) in [6.45, 7) is 8.11. The van der Waals surface area contributed by atoms with E-state index in [0.717, 1.165) is 51.4 Å². The zero-order valence-corrected chi connectivity index (χ0v) is 13.0. The molecule has 110 valence electrons. The molecule has 3 aromatic rings. The van der Waals surface area contributed by atoms with Crippen molar-refractivity contribution in [2.75, 3.05) is 0 Å². The first-order chi connectivity index (χ1) is 10.0. The summed E-state index contributed by atoms with van der Waals surface area (Å²) in [5.74, 6) is 2.79. The lowest BCUT2D eigenvalue weighted by atomic mass is 9.93. The number of aryl methyl sites for hydroxylation is 3. The van der Waals surface area contributed by atoms with Crippen molar-refractivity contribution in [3.8, 4) is 0 Å². The van der Waals surface area contributed by atoms with Crippen molar-refractivity contribution in [2.45, 2.75) is 40.2 Å². The molecule has 3 rings (SSSR count). The number of nitrogens with two attached hydrogens (primary N) is 1. The lowest BCUT2D eigenvalue weighted by Gasteiger charge is -2.13. The molecular formula is C18H21NO2. The molecular weight excluding hydrogens is 262 g/mol. The summed E-state index contributed by atoms with van der Waals surface area (Å²) in [6.07, 6.45) is 0.826. The van der Waals surface area contributed by atoms with E-state index in [1.54, 1.807) is 0 Å². The average Bonchev–Trinajstić information content (AvgIpc) is 2.96. The van der Waals surface area contributed by atoms with Crippen LogP contribution >= 0.6 is 0 Å². The highest BCUT2D eigenvalue weighted by Gasteiger charge is 2.25. The second kappa shape index (κ2) is 5.08. The minimum Gasteiger partial charge on any atom is -0.466 e. The highest BCUT2D eigenvalue weighted by Crippen LogP contribution is 2.37. The number of para-hydroxylation sites is 1. The van der Waals surface area contributed by atoms with Crippen LogP contribution in [0.1, 0.15) is 46.9 Å². The summed E-state index contributed by atoms with van der Waals surface area (Å²) in [5, 5.41) is 1.10. The van der Waals surface area contributed by atoms with Crippen molar-refractivity contribution in [1.82, 2.24) is 0 Å². The lowest BCUT2D eigenvalue weighted by Crippen LogP contribution is -2.14. The summed E-state index contributed by atoms with van der Waals surface area (Å²) in [5.41, 5.74) is 10.8. The van der Waals surface area contributed by atoms with Gasteiger partial charge in [-0.3, -0.25) is 0 Å². The van der Waals surface area contributed by atoms with Crippen LogP contribution in [0.15, 0.2) is 33.1 Å². The van der Waals surface area contributed by atoms with Gasteiger partial charge in [0.1, 0.15) is 22.9 Å². The van der Waals surface area contributed by atoms with Gasteiger partial charge >= 0.3 is 0 Å². The Morgan fingerprint density at radius 1 is 1.00 bits per heavy atom. The molecule has 0 spiro atoms. The summed E-state index contributed by atoms with van der Waals surface area (Å²) >= 11 is 0. The Morgan fingerprint density at radius 2 is 1.71 bits per heavy atom. The Bertz CT molecular complexity index is 795. The van der Waals surface area contributed by atoms with Gasteiger partial charge in [0.05, 0.1) is 6.04 Å². The first-order valence-corrected chi connectivity index (χ1v) is 7.37. The molecule has 1 unspecified atom stereocenters. The van der Waals surface area contributed by atoms with E-state index in [4.69, 9.17) is 14.6 Å². The van der Waals surface area contributed by atoms with E-state index < -0.39 is 0 Å². The normalized spacial score (nSPS) is 13.0. The zero-order chi connectivity index (χ0) is 15.1. The smallest absolute Gasteiger partial charge is 0.134 e. The molecule has 0 aliphatic carbocycles. The molecule has 0 radical (unpaired) electrons. The van der Waals surface area contributed by atoms with E-state index in [1.807, 2.05) is 32.0 Å². The van der Waals surface area contributed by atoms with Gasteiger partial charge in [-0.25, -0.2) is 0 Å². The fourth-order valence-electron chi connectivity index (χ4n) is 3.13. The predicted octanol–water partition coefficient (Wildman–Crippen LogP) is 4.56. The van der Waals surface area contributed by atoms with Crippen LogP contribution in [0.3, 0.4) is 0 Å². The van der Waals surface area contributed by atoms with Crippen LogP contribution in [-0.2, 0) is 6.42 Å². The van der Waals surface area contributed by atoms with Gasteiger partial charge in [-0.2, -0.15) is 0 Å². The first-order valence-electron chi connectivity index (χ1n) is 7.37. The third-order valence-electron chi connectivity index (χ3n) is 4.27. The second-order valence-electron chi connectivity index (χ2n) is 5.52. The molecule has 0 amide bonds. The van der Waals surface area contributed by atoms with Gasteiger partial charge in [-0.1, -0.05) is 25.1 Å². The molecule has 2 N–H and O–H groups in total. The van der Waals surface area contributed by atoms with Crippen LogP contribution in [0, 0.1) is 20.8 Å². The van der Waals surface area contributed by atoms with Crippen molar-refractivity contribution in [2.24, 2.45) is 5.73 Å². The molecule has 0 bridgehead atoms. The largest absolute Gasteiger partial charge is 0.466 e. The molecule has 2 aromatic heterocycles. The Balaban J connectivity index is 2.24. The van der Waals surface area contributed by atoms with Gasteiger partial charge in [-0.05, 0) is 32.4 Å². The number of rotatable bonds is 3. The van der Waals surface area contributed by atoms with Crippen molar-refractivity contribution in [1.29, 1.82) is 0 Å². The number of hydrogen-bond donors (Lipinski definition) is 1. The summed E-state index contributed by atoms with van der Waals surface area (Å²) < 4.78 is 11.7. The van der Waals surface area contributed by atoms with Crippen molar-refractivity contribution < 1.29 is 8.83 Å². The van der Waals surface area contributed by atoms with Crippen LogP contribution in [0.5, 0.6) is 0 Å². The number of furan rings is 2. The van der Waals surface area contributed by atoms with Gasteiger partial charge in [0.25, 0.3) is 0 Å². The van der Waals surface area contributed by atoms with Gasteiger partial charge < -0.3 is 14.6 Å². The van der Waals surface area contributed by atoms with E-state index in [9.17, 15) is 0 Å². The molecule has 2 heterocycles. The van der Waals surface area contributed by atoms with Gasteiger partial charge in [0.2, 0.25) is 0 Å². The highest BCUT2D eigenvalue weighted by atomic mass is 16.3. The van der Waals surface area contributed by atoms with E-state index in [1.165, 1.54) is 0 Å². The molecule has 21 heavy (non-hydrogen) atoms. The topological polar surface area (TPSA) is 52.3 Å². The van der Waals surface area contributed by atoms with E-state index >= 15 is 0 Å². The molecule has 0 fully saturated rings. The molecule has 1 atom stereocenters. The van der Waals surface area contributed by atoms with Crippen LogP contribution in [-0.4, -0.2) is 0 Å². The van der Waals surface area contributed by atoms with Gasteiger partial charge in [0.15, 0.2) is 0 Å². The van der Waals surface area contributed by atoms with Crippen LogP contribution in [0.2, 0.25) is 0 Å². The van der Waals surface area contributed by atoms with E-state index in [-0.39, 0.29) is 6.04 Å². The molecule has 3 nitrogen and oxygen atoms in total. The molecule has 1 aromatic carbocycles. The summed E-state index contributed by atoms with van der Waals surface area (Å²) in [7, 11) is 0. The van der Waals surface area contributed by atoms with E-state index in [0.29, 0.717) is 0 Å². The molecule has 0 saturated heterocycles. The molecule has 0 saturated carbocycles. The Labute approximate surface area is 124 Å². The van der Waals surface area contributed by atoms with Crippen molar-refractivity contribution in [3.63, 3.8) is 0 Å². The van der Waals surface area contributed by atoms with Crippen LogP contribution < -0.4 is 5.73 Å². The van der Waals surface area contributed by atoms with Gasteiger partial charge in [0, 0.05) is 22.9 Å². The quantitative estimate of drug-likeness (QED) is 0.766. The zero-order valence-electron chi connectivity index (χ0n) is 13.0. The van der Waals surface area contributed by atoms with E-state index in [2.05, 4.69) is 19.9 Å². The third-order valence-corrected chi connectivity index (χ3v) is 4.27. The predicted molar refractivity (Wildman–Crippen MR) is 84.5 cm³/mol. The number of benzene rings is 1. The third kappa shape index (κ3) is 2.09. The maximum Gasteiger partial charge on any atom is 0.134 e. The minimum absolute atomic E-state index is 0.221.